The molecule has 2 rings (SSSR count). The molecule has 4 nitrogen and oxygen atoms in total. The maximum atomic E-state index is 9.90. The summed E-state index contributed by atoms with van der Waals surface area (Å²) in [7, 11) is 2.20. The van der Waals surface area contributed by atoms with Crippen LogP contribution in [0.3, 0.4) is 0 Å². The van der Waals surface area contributed by atoms with E-state index in [2.05, 4.69) is 17.3 Å². The van der Waals surface area contributed by atoms with E-state index in [-0.39, 0.29) is 6.10 Å². The first-order valence-electron chi connectivity index (χ1n) is 7.96. The summed E-state index contributed by atoms with van der Waals surface area (Å²) in [6.07, 6.45) is 8.89. The van der Waals surface area contributed by atoms with E-state index in [0.717, 1.165) is 6.54 Å². The molecule has 2 unspecified atom stereocenters. The monoisotopic (exact) mass is 270 g/mol. The molecule has 2 N–H and O–H groups in total. The Labute approximate surface area is 117 Å². The molecule has 0 aromatic carbocycles. The van der Waals surface area contributed by atoms with Crippen molar-refractivity contribution < 1.29 is 9.84 Å². The predicted octanol–water partition coefficient (Wildman–Crippen LogP) is 1.38. The highest BCUT2D eigenvalue weighted by atomic mass is 16.5. The van der Waals surface area contributed by atoms with Crippen LogP contribution in [0.5, 0.6) is 0 Å². The third-order valence-electron chi connectivity index (χ3n) is 4.51. The molecule has 0 aromatic heterocycles. The Kier molecular flexibility index (Phi) is 6.57. The summed E-state index contributed by atoms with van der Waals surface area (Å²) in [6.45, 7) is 3.33. The average Bonchev–Trinajstić information content (AvgIpc) is 2.92. The van der Waals surface area contributed by atoms with Crippen LogP contribution in [0.15, 0.2) is 0 Å². The van der Waals surface area contributed by atoms with Crippen LogP contribution in [0.2, 0.25) is 0 Å². The second-order valence-electron chi connectivity index (χ2n) is 6.18. The van der Waals surface area contributed by atoms with Crippen LogP contribution < -0.4 is 5.32 Å². The fourth-order valence-electron chi connectivity index (χ4n) is 3.18. The van der Waals surface area contributed by atoms with Gasteiger partial charge in [-0.05, 0) is 39.3 Å². The molecular formula is C15H30N2O2. The molecule has 0 aromatic rings. The van der Waals surface area contributed by atoms with Crippen molar-refractivity contribution >= 4 is 0 Å². The number of hydrogen-bond donors (Lipinski definition) is 2. The van der Waals surface area contributed by atoms with Crippen molar-refractivity contribution in [1.29, 1.82) is 0 Å². The van der Waals surface area contributed by atoms with E-state index in [9.17, 15) is 5.11 Å². The molecule has 0 bridgehead atoms. The third kappa shape index (κ3) is 5.38. The molecule has 0 radical (unpaired) electrons. The summed E-state index contributed by atoms with van der Waals surface area (Å²) in [4.78, 5) is 2.43. The molecule has 4 heteroatoms. The first-order chi connectivity index (χ1) is 9.25. The van der Waals surface area contributed by atoms with Crippen molar-refractivity contribution in [3.8, 4) is 0 Å². The lowest BCUT2D eigenvalue weighted by molar-refractivity contribution is -0.00595. The van der Waals surface area contributed by atoms with Gasteiger partial charge in [-0.2, -0.15) is 0 Å². The summed E-state index contributed by atoms with van der Waals surface area (Å²) in [5.74, 6) is 0. The molecule has 0 amide bonds. The van der Waals surface area contributed by atoms with Crippen molar-refractivity contribution in [1.82, 2.24) is 10.2 Å². The van der Waals surface area contributed by atoms with E-state index in [1.165, 1.54) is 51.5 Å². The van der Waals surface area contributed by atoms with Gasteiger partial charge in [0.25, 0.3) is 0 Å². The molecule has 19 heavy (non-hydrogen) atoms. The van der Waals surface area contributed by atoms with E-state index in [4.69, 9.17) is 4.74 Å². The van der Waals surface area contributed by atoms with Gasteiger partial charge in [0.15, 0.2) is 0 Å². The van der Waals surface area contributed by atoms with Gasteiger partial charge in [-0.25, -0.2) is 0 Å². The van der Waals surface area contributed by atoms with Gasteiger partial charge < -0.3 is 20.1 Å². The van der Waals surface area contributed by atoms with Gasteiger partial charge in [-0.15, -0.1) is 0 Å². The number of hydrogen-bond acceptors (Lipinski definition) is 4. The van der Waals surface area contributed by atoms with Crippen LogP contribution >= 0.6 is 0 Å². The summed E-state index contributed by atoms with van der Waals surface area (Å²) < 4.78 is 5.73. The second kappa shape index (κ2) is 8.20. The minimum atomic E-state index is -0.366. The Morgan fingerprint density at radius 2 is 1.95 bits per heavy atom. The number of aliphatic hydroxyl groups excluding tert-OH is 1. The third-order valence-corrected chi connectivity index (χ3v) is 4.51. The summed E-state index contributed by atoms with van der Waals surface area (Å²) in [5, 5.41) is 13.3. The van der Waals surface area contributed by atoms with Gasteiger partial charge in [0.1, 0.15) is 0 Å². The van der Waals surface area contributed by atoms with Crippen molar-refractivity contribution in [2.45, 2.75) is 63.2 Å². The molecule has 2 atom stereocenters. The van der Waals surface area contributed by atoms with Crippen LogP contribution in [0.4, 0.5) is 0 Å². The highest BCUT2D eigenvalue weighted by Gasteiger charge is 2.19. The predicted molar refractivity (Wildman–Crippen MR) is 77.4 cm³/mol. The zero-order valence-corrected chi connectivity index (χ0v) is 12.3. The Hall–Kier alpha value is -0.160. The lowest BCUT2D eigenvalue weighted by Crippen LogP contribution is -2.45. The number of ether oxygens (including phenoxy) is 1. The fraction of sp³-hybridized carbons (Fsp3) is 1.00. The number of rotatable bonds is 7. The Balaban J connectivity index is 1.51. The van der Waals surface area contributed by atoms with E-state index in [1.54, 1.807) is 0 Å². The molecule has 1 heterocycles. The van der Waals surface area contributed by atoms with Gasteiger partial charge in [0, 0.05) is 19.1 Å². The van der Waals surface area contributed by atoms with Crippen molar-refractivity contribution in [2.24, 2.45) is 0 Å². The molecule has 1 aliphatic carbocycles. The number of nitrogens with zero attached hydrogens (tertiary/aromatic N) is 1. The summed E-state index contributed by atoms with van der Waals surface area (Å²) >= 11 is 0. The van der Waals surface area contributed by atoms with Gasteiger partial charge >= 0.3 is 0 Å². The minimum Gasteiger partial charge on any atom is -0.389 e. The molecule has 1 saturated carbocycles. The topological polar surface area (TPSA) is 44.7 Å². The van der Waals surface area contributed by atoms with Gasteiger partial charge in [0.05, 0.1) is 18.8 Å². The molecule has 1 aliphatic heterocycles. The summed E-state index contributed by atoms with van der Waals surface area (Å²) in [6, 6.07) is 0.636. The standard InChI is InChI=1S/C15H30N2O2/c1-17-9-5-4-6-13(17)10-16-11-14(18)12-19-15-7-2-3-8-15/h13-16,18H,2-12H2,1H3. The van der Waals surface area contributed by atoms with E-state index in [0.29, 0.717) is 25.3 Å². The summed E-state index contributed by atoms with van der Waals surface area (Å²) in [5.41, 5.74) is 0. The van der Waals surface area contributed by atoms with Crippen LogP contribution in [0, 0.1) is 0 Å². The Morgan fingerprint density at radius 1 is 1.21 bits per heavy atom. The second-order valence-corrected chi connectivity index (χ2v) is 6.18. The molecule has 0 spiro atoms. The largest absolute Gasteiger partial charge is 0.389 e. The van der Waals surface area contributed by atoms with E-state index < -0.39 is 0 Å². The van der Waals surface area contributed by atoms with E-state index >= 15 is 0 Å². The molecule has 2 fully saturated rings. The van der Waals surface area contributed by atoms with Crippen LogP contribution in [-0.2, 0) is 4.74 Å². The smallest absolute Gasteiger partial charge is 0.0897 e. The van der Waals surface area contributed by atoms with Crippen LogP contribution in [-0.4, -0.2) is 61.5 Å². The first kappa shape index (κ1) is 15.2. The minimum absolute atomic E-state index is 0.366. The molecular weight excluding hydrogens is 240 g/mol. The number of aliphatic hydroxyl groups is 1. The highest BCUT2D eigenvalue weighted by Crippen LogP contribution is 2.20. The van der Waals surface area contributed by atoms with Gasteiger partial charge in [0.2, 0.25) is 0 Å². The fourth-order valence-corrected chi connectivity index (χ4v) is 3.18. The van der Waals surface area contributed by atoms with Crippen LogP contribution in [0.25, 0.3) is 0 Å². The Morgan fingerprint density at radius 3 is 2.68 bits per heavy atom. The normalized spacial score (nSPS) is 27.8. The maximum Gasteiger partial charge on any atom is 0.0897 e. The Bertz CT molecular complexity index is 244. The van der Waals surface area contributed by atoms with Crippen molar-refractivity contribution in [2.75, 3.05) is 33.3 Å². The molecule has 2 aliphatic rings. The van der Waals surface area contributed by atoms with Crippen molar-refractivity contribution in [3.63, 3.8) is 0 Å². The number of likely N-dealkylation sites (tertiary alicyclic amines) is 1. The highest BCUT2D eigenvalue weighted by molar-refractivity contribution is 4.77. The lowest BCUT2D eigenvalue weighted by Gasteiger charge is -2.32. The maximum absolute atomic E-state index is 9.90. The SMILES string of the molecule is CN1CCCCC1CNCC(O)COC1CCCC1. The van der Waals surface area contributed by atoms with Crippen molar-refractivity contribution in [3.05, 3.63) is 0 Å². The van der Waals surface area contributed by atoms with E-state index in [1.807, 2.05) is 0 Å². The first-order valence-corrected chi connectivity index (χ1v) is 7.96. The zero-order chi connectivity index (χ0) is 13.5. The van der Waals surface area contributed by atoms with Crippen LogP contribution in [0.1, 0.15) is 44.9 Å². The number of likely N-dealkylation sites (N-methyl/N-ethyl adjacent to an activating group) is 1. The van der Waals surface area contributed by atoms with Gasteiger partial charge in [-0.3, -0.25) is 0 Å². The van der Waals surface area contributed by atoms with Gasteiger partial charge in [-0.1, -0.05) is 19.3 Å². The molecule has 1 saturated heterocycles. The molecule has 112 valence electrons. The lowest BCUT2D eigenvalue weighted by atomic mass is 10.0. The quantitative estimate of drug-likeness (QED) is 0.733. The average molecular weight is 270 g/mol. The number of piperidine rings is 1. The number of nitrogens with one attached hydrogen (secondary N) is 1. The zero-order valence-electron chi connectivity index (χ0n) is 12.3.